The lowest BCUT2D eigenvalue weighted by Crippen LogP contribution is -2.12. The molecule has 2 aromatic rings. The first-order chi connectivity index (χ1) is 7.34. The Hall–Kier alpha value is -1.26. The van der Waals surface area contributed by atoms with Crippen molar-refractivity contribution in [2.75, 3.05) is 0 Å². The Labute approximate surface area is 93.2 Å². The van der Waals surface area contributed by atoms with E-state index in [1.165, 1.54) is 5.56 Å². The summed E-state index contributed by atoms with van der Waals surface area (Å²) in [5, 5.41) is 6.44. The highest BCUT2D eigenvalue weighted by Crippen LogP contribution is 2.04. The SMILES string of the molecule is Cc1ccc(CNCc2nccs2)cn1. The number of pyridine rings is 1. The molecule has 3 nitrogen and oxygen atoms in total. The van der Waals surface area contributed by atoms with Crippen molar-refractivity contribution in [1.29, 1.82) is 0 Å². The van der Waals surface area contributed by atoms with E-state index >= 15 is 0 Å². The summed E-state index contributed by atoms with van der Waals surface area (Å²) in [5.74, 6) is 0. The molecule has 0 fully saturated rings. The van der Waals surface area contributed by atoms with E-state index in [-0.39, 0.29) is 0 Å². The minimum Gasteiger partial charge on any atom is -0.306 e. The highest BCUT2D eigenvalue weighted by atomic mass is 32.1. The van der Waals surface area contributed by atoms with Gasteiger partial charge in [0.2, 0.25) is 0 Å². The van der Waals surface area contributed by atoms with Gasteiger partial charge in [-0.25, -0.2) is 4.98 Å². The van der Waals surface area contributed by atoms with Gasteiger partial charge in [-0.2, -0.15) is 0 Å². The molecule has 0 saturated carbocycles. The van der Waals surface area contributed by atoms with Crippen LogP contribution in [0.5, 0.6) is 0 Å². The van der Waals surface area contributed by atoms with Crippen LogP contribution in [0, 0.1) is 6.92 Å². The number of nitrogens with one attached hydrogen (secondary N) is 1. The lowest BCUT2D eigenvalue weighted by Gasteiger charge is -2.02. The minimum absolute atomic E-state index is 0.825. The number of thiazole rings is 1. The molecule has 2 rings (SSSR count). The summed E-state index contributed by atoms with van der Waals surface area (Å²) in [5.41, 5.74) is 2.26. The second-order valence-corrected chi connectivity index (χ2v) is 4.32. The fourth-order valence-electron chi connectivity index (χ4n) is 1.26. The Balaban J connectivity index is 1.81. The van der Waals surface area contributed by atoms with Gasteiger partial charge in [0.25, 0.3) is 0 Å². The van der Waals surface area contributed by atoms with E-state index < -0.39 is 0 Å². The predicted octanol–water partition coefficient (Wildman–Crippen LogP) is 2.14. The molecule has 0 aromatic carbocycles. The van der Waals surface area contributed by atoms with E-state index in [9.17, 15) is 0 Å². The van der Waals surface area contributed by atoms with Gasteiger partial charge in [-0.1, -0.05) is 6.07 Å². The van der Waals surface area contributed by atoms with Crippen molar-refractivity contribution in [3.8, 4) is 0 Å². The highest BCUT2D eigenvalue weighted by molar-refractivity contribution is 7.09. The van der Waals surface area contributed by atoms with Gasteiger partial charge >= 0.3 is 0 Å². The molecule has 4 heteroatoms. The molecule has 2 heterocycles. The van der Waals surface area contributed by atoms with Crippen LogP contribution >= 0.6 is 11.3 Å². The van der Waals surface area contributed by atoms with Gasteiger partial charge in [-0.15, -0.1) is 11.3 Å². The Morgan fingerprint density at radius 1 is 1.27 bits per heavy atom. The van der Waals surface area contributed by atoms with Crippen molar-refractivity contribution in [2.45, 2.75) is 20.0 Å². The first-order valence-electron chi connectivity index (χ1n) is 4.85. The lowest BCUT2D eigenvalue weighted by molar-refractivity contribution is 0.687. The number of rotatable bonds is 4. The van der Waals surface area contributed by atoms with Crippen LogP contribution in [0.1, 0.15) is 16.3 Å². The topological polar surface area (TPSA) is 37.8 Å². The normalized spacial score (nSPS) is 10.5. The fraction of sp³-hybridized carbons (Fsp3) is 0.273. The summed E-state index contributed by atoms with van der Waals surface area (Å²) >= 11 is 1.67. The van der Waals surface area contributed by atoms with Crippen LogP contribution in [0.3, 0.4) is 0 Å². The van der Waals surface area contributed by atoms with Crippen LogP contribution in [0.25, 0.3) is 0 Å². The van der Waals surface area contributed by atoms with Crippen LogP contribution in [0.4, 0.5) is 0 Å². The first-order valence-corrected chi connectivity index (χ1v) is 5.73. The molecule has 0 saturated heterocycles. The zero-order valence-electron chi connectivity index (χ0n) is 8.60. The first kappa shape index (κ1) is 10.3. The number of hydrogen-bond donors (Lipinski definition) is 1. The molecule has 0 unspecified atom stereocenters. The Morgan fingerprint density at radius 2 is 2.20 bits per heavy atom. The van der Waals surface area contributed by atoms with Crippen molar-refractivity contribution in [3.63, 3.8) is 0 Å². The van der Waals surface area contributed by atoms with Gasteiger partial charge in [-0.05, 0) is 18.6 Å². The maximum absolute atomic E-state index is 4.24. The molecule has 1 N–H and O–H groups in total. The van der Waals surface area contributed by atoms with E-state index in [2.05, 4.69) is 21.4 Å². The van der Waals surface area contributed by atoms with Crippen LogP contribution in [0.15, 0.2) is 29.9 Å². The zero-order chi connectivity index (χ0) is 10.5. The van der Waals surface area contributed by atoms with E-state index in [1.54, 1.807) is 11.3 Å². The van der Waals surface area contributed by atoms with Gasteiger partial charge in [0.05, 0.1) is 0 Å². The molecule has 0 aliphatic heterocycles. The highest BCUT2D eigenvalue weighted by Gasteiger charge is 1.96. The molecule has 0 atom stereocenters. The number of hydrogen-bond acceptors (Lipinski definition) is 4. The second-order valence-electron chi connectivity index (χ2n) is 3.34. The van der Waals surface area contributed by atoms with E-state index in [0.717, 1.165) is 23.8 Å². The quantitative estimate of drug-likeness (QED) is 0.856. The van der Waals surface area contributed by atoms with Gasteiger partial charge in [0, 0.05) is 36.6 Å². The maximum atomic E-state index is 4.24. The Kier molecular flexibility index (Phi) is 3.42. The van der Waals surface area contributed by atoms with Gasteiger partial charge in [0.15, 0.2) is 0 Å². The van der Waals surface area contributed by atoms with Crippen LogP contribution < -0.4 is 5.32 Å². The summed E-state index contributed by atoms with van der Waals surface area (Å²) in [6, 6.07) is 4.12. The minimum atomic E-state index is 0.825. The zero-order valence-corrected chi connectivity index (χ0v) is 9.42. The molecule has 0 bridgehead atoms. The fourth-order valence-corrected chi connectivity index (χ4v) is 1.84. The second kappa shape index (κ2) is 5.00. The number of aryl methyl sites for hydroxylation is 1. The summed E-state index contributed by atoms with van der Waals surface area (Å²) in [4.78, 5) is 8.44. The molecule has 15 heavy (non-hydrogen) atoms. The number of nitrogens with zero attached hydrogens (tertiary/aromatic N) is 2. The van der Waals surface area contributed by atoms with Crippen molar-refractivity contribution < 1.29 is 0 Å². The van der Waals surface area contributed by atoms with Crippen LogP contribution in [-0.4, -0.2) is 9.97 Å². The predicted molar refractivity (Wildman–Crippen MR) is 61.6 cm³/mol. The molecule has 2 aromatic heterocycles. The Bertz CT molecular complexity index is 394. The van der Waals surface area contributed by atoms with Crippen molar-refractivity contribution in [3.05, 3.63) is 46.2 Å². The molecule has 0 spiro atoms. The maximum Gasteiger partial charge on any atom is 0.106 e. The van der Waals surface area contributed by atoms with Gasteiger partial charge < -0.3 is 5.32 Å². The van der Waals surface area contributed by atoms with Crippen LogP contribution in [-0.2, 0) is 13.1 Å². The van der Waals surface area contributed by atoms with E-state index in [0.29, 0.717) is 0 Å². The summed E-state index contributed by atoms with van der Waals surface area (Å²) < 4.78 is 0. The Morgan fingerprint density at radius 3 is 2.87 bits per heavy atom. The summed E-state index contributed by atoms with van der Waals surface area (Å²) in [7, 11) is 0. The summed E-state index contributed by atoms with van der Waals surface area (Å²) in [6.07, 6.45) is 3.74. The van der Waals surface area contributed by atoms with E-state index in [4.69, 9.17) is 0 Å². The molecule has 0 amide bonds. The smallest absolute Gasteiger partial charge is 0.106 e. The van der Waals surface area contributed by atoms with Gasteiger partial charge in [0.1, 0.15) is 5.01 Å². The molecular formula is C11H13N3S. The monoisotopic (exact) mass is 219 g/mol. The van der Waals surface area contributed by atoms with Crippen molar-refractivity contribution >= 4 is 11.3 Å². The average molecular weight is 219 g/mol. The third kappa shape index (κ3) is 3.11. The molecule has 0 aliphatic rings. The standard InChI is InChI=1S/C11H13N3S/c1-9-2-3-10(7-14-9)6-12-8-11-13-4-5-15-11/h2-5,7,12H,6,8H2,1H3. The number of aromatic nitrogens is 2. The van der Waals surface area contributed by atoms with Crippen molar-refractivity contribution in [1.82, 2.24) is 15.3 Å². The lowest BCUT2D eigenvalue weighted by atomic mass is 10.2. The van der Waals surface area contributed by atoms with Crippen molar-refractivity contribution in [2.24, 2.45) is 0 Å². The summed E-state index contributed by atoms with van der Waals surface area (Å²) in [6.45, 7) is 3.66. The third-order valence-electron chi connectivity index (χ3n) is 2.06. The molecular weight excluding hydrogens is 206 g/mol. The molecule has 78 valence electrons. The van der Waals surface area contributed by atoms with Gasteiger partial charge in [-0.3, -0.25) is 4.98 Å². The van der Waals surface area contributed by atoms with Crippen LogP contribution in [0.2, 0.25) is 0 Å². The third-order valence-corrected chi connectivity index (χ3v) is 2.84. The van der Waals surface area contributed by atoms with E-state index in [1.807, 2.05) is 30.8 Å². The largest absolute Gasteiger partial charge is 0.306 e. The molecule has 0 radical (unpaired) electrons. The average Bonchev–Trinajstić information content (AvgIpc) is 2.74. The molecule has 0 aliphatic carbocycles.